The summed E-state index contributed by atoms with van der Waals surface area (Å²) in [6.07, 6.45) is 1.79. The Hall–Kier alpha value is -1.52. The maximum Gasteiger partial charge on any atom is 0.230 e. The van der Waals surface area contributed by atoms with Crippen molar-refractivity contribution in [3.8, 4) is 0 Å². The van der Waals surface area contributed by atoms with E-state index in [1.165, 1.54) is 11.3 Å². The van der Waals surface area contributed by atoms with Crippen LogP contribution in [0.25, 0.3) is 0 Å². The molecule has 104 valence electrons. The lowest BCUT2D eigenvalue weighted by atomic mass is 9.95. The number of hydrogen-bond acceptors (Lipinski definition) is 3. The van der Waals surface area contributed by atoms with Gasteiger partial charge >= 0.3 is 0 Å². The van der Waals surface area contributed by atoms with Crippen LogP contribution >= 0.6 is 22.9 Å². The van der Waals surface area contributed by atoms with E-state index in [4.69, 9.17) is 17.3 Å². The Balaban J connectivity index is 1.68. The first-order valence-corrected chi connectivity index (χ1v) is 7.68. The summed E-state index contributed by atoms with van der Waals surface area (Å²) in [5.41, 5.74) is 7.11. The van der Waals surface area contributed by atoms with Gasteiger partial charge in [-0.25, -0.2) is 0 Å². The van der Waals surface area contributed by atoms with Crippen molar-refractivity contribution >= 4 is 34.5 Å². The van der Waals surface area contributed by atoms with Crippen molar-refractivity contribution in [1.29, 1.82) is 0 Å². The van der Waals surface area contributed by atoms with E-state index in [-0.39, 0.29) is 11.3 Å². The van der Waals surface area contributed by atoms with Crippen LogP contribution in [-0.2, 0) is 16.8 Å². The first kappa shape index (κ1) is 13.5. The van der Waals surface area contributed by atoms with Gasteiger partial charge in [-0.15, -0.1) is 11.3 Å². The first-order chi connectivity index (χ1) is 9.60. The highest BCUT2D eigenvalue weighted by atomic mass is 35.5. The zero-order valence-corrected chi connectivity index (χ0v) is 12.4. The van der Waals surface area contributed by atoms with E-state index in [0.717, 1.165) is 33.3 Å². The Bertz CT molecular complexity index is 632. The SMILES string of the molecule is Nc1ccc(C2(C(=O)NCc3ccc(Cl)s3)CC2)cc1. The summed E-state index contributed by atoms with van der Waals surface area (Å²) in [5, 5.41) is 3.01. The highest BCUT2D eigenvalue weighted by Crippen LogP contribution is 2.48. The van der Waals surface area contributed by atoms with Crippen molar-refractivity contribution in [2.75, 3.05) is 5.73 Å². The van der Waals surface area contributed by atoms with E-state index in [1.807, 2.05) is 36.4 Å². The third kappa shape index (κ3) is 2.53. The van der Waals surface area contributed by atoms with Crippen molar-refractivity contribution in [3.05, 3.63) is 51.2 Å². The lowest BCUT2D eigenvalue weighted by Gasteiger charge is -2.15. The number of thiophene rings is 1. The Labute approximate surface area is 126 Å². The standard InChI is InChI=1S/C15H15ClN2OS/c16-13-6-5-12(20-13)9-18-14(19)15(7-8-15)10-1-3-11(17)4-2-10/h1-6H,7-9,17H2,(H,18,19). The number of carbonyl (C=O) groups is 1. The van der Waals surface area contributed by atoms with Crippen LogP contribution in [0.15, 0.2) is 36.4 Å². The van der Waals surface area contributed by atoms with Crippen LogP contribution < -0.4 is 11.1 Å². The zero-order valence-electron chi connectivity index (χ0n) is 10.9. The molecule has 2 aromatic rings. The van der Waals surface area contributed by atoms with Crippen LogP contribution in [0.4, 0.5) is 5.69 Å². The quantitative estimate of drug-likeness (QED) is 0.851. The molecule has 3 rings (SSSR count). The second-order valence-corrected chi connectivity index (χ2v) is 6.89. The van der Waals surface area contributed by atoms with E-state index in [1.54, 1.807) is 0 Å². The summed E-state index contributed by atoms with van der Waals surface area (Å²) in [4.78, 5) is 13.5. The lowest BCUT2D eigenvalue weighted by molar-refractivity contribution is -0.123. The Kier molecular flexibility index (Phi) is 3.44. The maximum absolute atomic E-state index is 12.4. The number of hydrogen-bond donors (Lipinski definition) is 2. The average Bonchev–Trinajstić information content (AvgIpc) is 3.15. The monoisotopic (exact) mass is 306 g/mol. The van der Waals surface area contributed by atoms with Crippen molar-refractivity contribution in [3.63, 3.8) is 0 Å². The molecule has 0 saturated heterocycles. The minimum atomic E-state index is -0.352. The number of nitrogens with one attached hydrogen (secondary N) is 1. The van der Waals surface area contributed by atoms with E-state index >= 15 is 0 Å². The predicted molar refractivity (Wildman–Crippen MR) is 82.9 cm³/mol. The normalized spacial score (nSPS) is 15.8. The van der Waals surface area contributed by atoms with Gasteiger partial charge in [0.05, 0.1) is 16.3 Å². The zero-order chi connectivity index (χ0) is 14.2. The molecule has 0 radical (unpaired) electrons. The highest BCUT2D eigenvalue weighted by Gasteiger charge is 2.51. The van der Waals surface area contributed by atoms with Crippen LogP contribution in [0.5, 0.6) is 0 Å². The molecule has 3 nitrogen and oxygen atoms in total. The third-order valence-electron chi connectivity index (χ3n) is 3.70. The molecule has 1 heterocycles. The topological polar surface area (TPSA) is 55.1 Å². The molecule has 1 aliphatic carbocycles. The number of halogens is 1. The fourth-order valence-electron chi connectivity index (χ4n) is 2.36. The minimum absolute atomic E-state index is 0.0896. The Morgan fingerprint density at radius 3 is 2.50 bits per heavy atom. The van der Waals surface area contributed by atoms with E-state index in [2.05, 4.69) is 5.32 Å². The number of nitrogen functional groups attached to an aromatic ring is 1. The van der Waals surface area contributed by atoms with Crippen LogP contribution in [0.1, 0.15) is 23.3 Å². The maximum atomic E-state index is 12.4. The molecule has 0 bridgehead atoms. The molecular weight excluding hydrogens is 292 g/mol. The fourth-order valence-corrected chi connectivity index (χ4v) is 3.38. The van der Waals surface area contributed by atoms with Crippen molar-refractivity contribution < 1.29 is 4.79 Å². The van der Waals surface area contributed by atoms with Crippen molar-refractivity contribution in [1.82, 2.24) is 5.32 Å². The van der Waals surface area contributed by atoms with Crippen molar-refractivity contribution in [2.24, 2.45) is 0 Å². The molecule has 0 aliphatic heterocycles. The summed E-state index contributed by atoms with van der Waals surface area (Å²) < 4.78 is 0.744. The predicted octanol–water partition coefficient (Wildman–Crippen LogP) is 3.33. The summed E-state index contributed by atoms with van der Waals surface area (Å²) in [6.45, 7) is 0.535. The molecule has 0 atom stereocenters. The molecule has 1 aromatic carbocycles. The lowest BCUT2D eigenvalue weighted by Crippen LogP contribution is -2.34. The van der Waals surface area contributed by atoms with E-state index in [0.29, 0.717) is 6.54 Å². The summed E-state index contributed by atoms with van der Waals surface area (Å²) in [6, 6.07) is 11.4. The smallest absolute Gasteiger partial charge is 0.230 e. The van der Waals surface area contributed by atoms with Gasteiger partial charge in [0.2, 0.25) is 5.91 Å². The number of amides is 1. The van der Waals surface area contributed by atoms with Gasteiger partial charge in [-0.3, -0.25) is 4.79 Å². The van der Waals surface area contributed by atoms with Gasteiger partial charge in [0.15, 0.2) is 0 Å². The fraction of sp³-hybridized carbons (Fsp3) is 0.267. The van der Waals surface area contributed by atoms with Gasteiger partial charge in [-0.05, 0) is 42.7 Å². The van der Waals surface area contributed by atoms with Crippen LogP contribution in [-0.4, -0.2) is 5.91 Å². The largest absolute Gasteiger partial charge is 0.399 e. The second-order valence-electron chi connectivity index (χ2n) is 5.09. The van der Waals surface area contributed by atoms with E-state index in [9.17, 15) is 4.79 Å². The van der Waals surface area contributed by atoms with Crippen LogP contribution in [0.3, 0.4) is 0 Å². The minimum Gasteiger partial charge on any atom is -0.399 e. The first-order valence-electron chi connectivity index (χ1n) is 6.49. The number of rotatable bonds is 4. The molecule has 1 saturated carbocycles. The molecule has 1 amide bonds. The van der Waals surface area contributed by atoms with Gasteiger partial charge in [0.25, 0.3) is 0 Å². The number of carbonyl (C=O) groups excluding carboxylic acids is 1. The van der Waals surface area contributed by atoms with Crippen LogP contribution in [0.2, 0.25) is 4.34 Å². The average molecular weight is 307 g/mol. The molecule has 3 N–H and O–H groups in total. The third-order valence-corrected chi connectivity index (χ3v) is 4.93. The number of benzene rings is 1. The van der Waals surface area contributed by atoms with Gasteiger partial charge in [0.1, 0.15) is 0 Å². The number of nitrogens with two attached hydrogens (primary N) is 1. The molecule has 20 heavy (non-hydrogen) atoms. The molecule has 0 unspecified atom stereocenters. The van der Waals surface area contributed by atoms with Crippen LogP contribution in [0, 0.1) is 0 Å². The van der Waals surface area contributed by atoms with Gasteiger partial charge in [-0.1, -0.05) is 23.7 Å². The van der Waals surface area contributed by atoms with Crippen molar-refractivity contribution in [2.45, 2.75) is 24.8 Å². The van der Waals surface area contributed by atoms with Gasteiger partial charge < -0.3 is 11.1 Å². The second kappa shape index (κ2) is 5.11. The number of anilines is 1. The summed E-state index contributed by atoms with van der Waals surface area (Å²) >= 11 is 7.38. The van der Waals surface area contributed by atoms with Gasteiger partial charge in [0, 0.05) is 10.6 Å². The summed E-state index contributed by atoms with van der Waals surface area (Å²) in [5.74, 6) is 0.0896. The highest BCUT2D eigenvalue weighted by molar-refractivity contribution is 7.16. The molecule has 5 heteroatoms. The summed E-state index contributed by atoms with van der Waals surface area (Å²) in [7, 11) is 0. The molecule has 0 spiro atoms. The molecule has 1 fully saturated rings. The Morgan fingerprint density at radius 2 is 1.95 bits per heavy atom. The Morgan fingerprint density at radius 1 is 1.25 bits per heavy atom. The van der Waals surface area contributed by atoms with E-state index < -0.39 is 0 Å². The molecule has 1 aliphatic rings. The molecular formula is C15H15ClN2OS. The molecule has 1 aromatic heterocycles. The van der Waals surface area contributed by atoms with Gasteiger partial charge in [-0.2, -0.15) is 0 Å².